The van der Waals surface area contributed by atoms with Gasteiger partial charge in [-0.1, -0.05) is 37.3 Å². The molecule has 0 N–H and O–H groups in total. The maximum absolute atomic E-state index is 13.0. The predicted molar refractivity (Wildman–Crippen MR) is 103 cm³/mol. The van der Waals surface area contributed by atoms with Gasteiger partial charge in [-0.2, -0.15) is 0 Å². The van der Waals surface area contributed by atoms with Gasteiger partial charge < -0.3 is 9.47 Å². The SMILES string of the molecule is CCCN1C[C@H]2CC[C@@H]1CN(C(=O)Cn1ccnc1-c1ccccc1)C2. The van der Waals surface area contributed by atoms with Crippen LogP contribution in [-0.4, -0.2) is 57.5 Å². The van der Waals surface area contributed by atoms with Crippen LogP contribution in [-0.2, 0) is 11.3 Å². The van der Waals surface area contributed by atoms with E-state index in [9.17, 15) is 4.79 Å². The minimum absolute atomic E-state index is 0.218. The third-order valence-corrected chi connectivity index (χ3v) is 5.74. The van der Waals surface area contributed by atoms with Crippen molar-refractivity contribution in [2.75, 3.05) is 26.2 Å². The summed E-state index contributed by atoms with van der Waals surface area (Å²) in [5.74, 6) is 1.71. The van der Waals surface area contributed by atoms with E-state index in [-0.39, 0.29) is 5.91 Å². The molecule has 3 saturated heterocycles. The van der Waals surface area contributed by atoms with Crippen molar-refractivity contribution in [2.24, 2.45) is 5.92 Å². The summed E-state index contributed by atoms with van der Waals surface area (Å²) in [4.78, 5) is 22.2. The monoisotopic (exact) mass is 352 g/mol. The summed E-state index contributed by atoms with van der Waals surface area (Å²) in [5, 5.41) is 0. The van der Waals surface area contributed by atoms with Crippen LogP contribution in [0.2, 0.25) is 0 Å². The van der Waals surface area contributed by atoms with Crippen molar-refractivity contribution in [3.05, 3.63) is 42.7 Å². The second-order valence-electron chi connectivity index (χ2n) is 7.64. The zero-order valence-electron chi connectivity index (χ0n) is 15.6. The average molecular weight is 352 g/mol. The summed E-state index contributed by atoms with van der Waals surface area (Å²) in [6, 6.07) is 10.6. The maximum Gasteiger partial charge on any atom is 0.242 e. The molecule has 3 aliphatic rings. The number of hydrogen-bond donors (Lipinski definition) is 0. The molecular formula is C21H28N4O. The van der Waals surface area contributed by atoms with Gasteiger partial charge in [-0.05, 0) is 31.7 Å². The lowest BCUT2D eigenvalue weighted by molar-refractivity contribution is -0.132. The molecule has 5 nitrogen and oxygen atoms in total. The zero-order valence-corrected chi connectivity index (χ0v) is 15.6. The van der Waals surface area contributed by atoms with Gasteiger partial charge in [0.25, 0.3) is 0 Å². The fraction of sp³-hybridized carbons (Fsp3) is 0.524. The number of aromatic nitrogens is 2. The molecule has 2 bridgehead atoms. The first-order chi connectivity index (χ1) is 12.7. The van der Waals surface area contributed by atoms with Gasteiger partial charge in [0.15, 0.2) is 0 Å². The highest BCUT2D eigenvalue weighted by Crippen LogP contribution is 2.28. The largest absolute Gasteiger partial charge is 0.339 e. The number of piperidine rings is 1. The Kier molecular flexibility index (Phi) is 5.07. The van der Waals surface area contributed by atoms with Crippen LogP contribution in [0.4, 0.5) is 0 Å². The molecule has 0 spiro atoms. The molecule has 2 atom stereocenters. The highest BCUT2D eigenvalue weighted by Gasteiger charge is 2.35. The van der Waals surface area contributed by atoms with Gasteiger partial charge in [-0.15, -0.1) is 0 Å². The van der Waals surface area contributed by atoms with Gasteiger partial charge in [-0.25, -0.2) is 4.98 Å². The molecule has 1 aromatic heterocycles. The number of benzene rings is 1. The molecule has 3 aliphatic heterocycles. The number of rotatable bonds is 5. The Morgan fingerprint density at radius 3 is 2.81 bits per heavy atom. The highest BCUT2D eigenvalue weighted by atomic mass is 16.2. The number of carbonyl (C=O) groups excluding carboxylic acids is 1. The van der Waals surface area contributed by atoms with Crippen LogP contribution in [0, 0.1) is 5.92 Å². The molecule has 5 heteroatoms. The van der Waals surface area contributed by atoms with Crippen LogP contribution >= 0.6 is 0 Å². The van der Waals surface area contributed by atoms with Crippen LogP contribution in [0.1, 0.15) is 26.2 Å². The Morgan fingerprint density at radius 2 is 2.00 bits per heavy atom. The highest BCUT2D eigenvalue weighted by molar-refractivity contribution is 5.77. The van der Waals surface area contributed by atoms with Crippen molar-refractivity contribution in [2.45, 2.75) is 38.8 Å². The smallest absolute Gasteiger partial charge is 0.242 e. The van der Waals surface area contributed by atoms with E-state index in [0.717, 1.165) is 37.6 Å². The molecule has 138 valence electrons. The molecule has 0 saturated carbocycles. The molecule has 3 fully saturated rings. The molecule has 26 heavy (non-hydrogen) atoms. The molecule has 2 aromatic rings. The van der Waals surface area contributed by atoms with Gasteiger partial charge in [0, 0.05) is 43.6 Å². The lowest BCUT2D eigenvalue weighted by atomic mass is 9.95. The molecular weight excluding hydrogens is 324 g/mol. The molecule has 1 aromatic carbocycles. The predicted octanol–water partition coefficient (Wildman–Crippen LogP) is 2.88. The number of carbonyl (C=O) groups is 1. The average Bonchev–Trinajstić information content (AvgIpc) is 2.92. The standard InChI is InChI=1S/C21H28N4O/c1-2-11-23-13-17-8-9-19(23)15-25(14-17)20(26)16-24-12-10-22-21(24)18-6-4-3-5-7-18/h3-7,10,12,17,19H,2,8-9,11,13-16H2,1H3/t17-,19-/m1/s1. The number of hydrogen-bond acceptors (Lipinski definition) is 3. The Labute approximate surface area is 155 Å². The van der Waals surface area contributed by atoms with Crippen molar-refractivity contribution >= 4 is 5.91 Å². The quantitative estimate of drug-likeness (QED) is 0.831. The molecule has 0 radical (unpaired) electrons. The Balaban J connectivity index is 1.47. The van der Waals surface area contributed by atoms with Crippen LogP contribution in [0.25, 0.3) is 11.4 Å². The van der Waals surface area contributed by atoms with Gasteiger partial charge in [0.1, 0.15) is 12.4 Å². The molecule has 4 heterocycles. The van der Waals surface area contributed by atoms with E-state index in [1.165, 1.54) is 19.3 Å². The van der Waals surface area contributed by atoms with E-state index in [4.69, 9.17) is 0 Å². The third kappa shape index (κ3) is 3.54. The van der Waals surface area contributed by atoms with Gasteiger partial charge >= 0.3 is 0 Å². The molecule has 0 aliphatic carbocycles. The minimum Gasteiger partial charge on any atom is -0.339 e. The molecule has 0 unspecified atom stereocenters. The second-order valence-corrected chi connectivity index (χ2v) is 7.64. The summed E-state index contributed by atoms with van der Waals surface area (Å²) in [6.45, 7) is 6.71. The summed E-state index contributed by atoms with van der Waals surface area (Å²) < 4.78 is 1.98. The first kappa shape index (κ1) is 17.3. The fourth-order valence-corrected chi connectivity index (χ4v) is 4.47. The van der Waals surface area contributed by atoms with Crippen molar-refractivity contribution in [3.63, 3.8) is 0 Å². The van der Waals surface area contributed by atoms with E-state index in [1.807, 2.05) is 41.1 Å². The van der Waals surface area contributed by atoms with Gasteiger partial charge in [0.2, 0.25) is 5.91 Å². The number of nitrogens with zero attached hydrogens (tertiary/aromatic N) is 4. The molecule has 5 rings (SSSR count). The Hall–Kier alpha value is -2.14. The molecule has 1 amide bonds. The topological polar surface area (TPSA) is 41.4 Å². The van der Waals surface area contributed by atoms with Gasteiger partial charge in [-0.3, -0.25) is 9.69 Å². The van der Waals surface area contributed by atoms with E-state index < -0.39 is 0 Å². The van der Waals surface area contributed by atoms with Crippen LogP contribution in [0.5, 0.6) is 0 Å². The first-order valence-corrected chi connectivity index (χ1v) is 9.83. The Bertz CT molecular complexity index is 741. The number of fused-ring (bicyclic) bond motifs is 4. The number of amides is 1. The van der Waals surface area contributed by atoms with Crippen molar-refractivity contribution in [1.29, 1.82) is 0 Å². The van der Waals surface area contributed by atoms with E-state index in [1.54, 1.807) is 6.20 Å². The van der Waals surface area contributed by atoms with Gasteiger partial charge in [0.05, 0.1) is 0 Å². The first-order valence-electron chi connectivity index (χ1n) is 9.83. The third-order valence-electron chi connectivity index (χ3n) is 5.74. The van der Waals surface area contributed by atoms with E-state index in [2.05, 4.69) is 21.7 Å². The summed E-state index contributed by atoms with van der Waals surface area (Å²) in [6.07, 6.45) is 7.37. The van der Waals surface area contributed by atoms with Crippen molar-refractivity contribution in [1.82, 2.24) is 19.4 Å². The second kappa shape index (κ2) is 7.62. The van der Waals surface area contributed by atoms with Crippen LogP contribution in [0.3, 0.4) is 0 Å². The summed E-state index contributed by atoms with van der Waals surface area (Å²) in [5.41, 5.74) is 1.05. The zero-order chi connectivity index (χ0) is 17.9. The van der Waals surface area contributed by atoms with E-state index >= 15 is 0 Å². The van der Waals surface area contributed by atoms with Crippen LogP contribution in [0.15, 0.2) is 42.7 Å². The summed E-state index contributed by atoms with van der Waals surface area (Å²) >= 11 is 0. The lowest BCUT2D eigenvalue weighted by Crippen LogP contribution is -2.45. The van der Waals surface area contributed by atoms with Crippen molar-refractivity contribution < 1.29 is 4.79 Å². The van der Waals surface area contributed by atoms with Crippen molar-refractivity contribution in [3.8, 4) is 11.4 Å². The maximum atomic E-state index is 13.0. The van der Waals surface area contributed by atoms with E-state index in [0.29, 0.717) is 18.5 Å². The minimum atomic E-state index is 0.218. The lowest BCUT2D eigenvalue weighted by Gasteiger charge is -2.35. The normalized spacial score (nSPS) is 23.2. The summed E-state index contributed by atoms with van der Waals surface area (Å²) in [7, 11) is 0. The fourth-order valence-electron chi connectivity index (χ4n) is 4.47. The Morgan fingerprint density at radius 1 is 1.15 bits per heavy atom. The van der Waals surface area contributed by atoms with Crippen LogP contribution < -0.4 is 0 Å². The number of imidazole rings is 1.